The molecule has 8 heteroatoms. The van der Waals surface area contributed by atoms with E-state index < -0.39 is 20.0 Å². The van der Waals surface area contributed by atoms with Crippen LogP contribution in [0.1, 0.15) is 11.1 Å². The lowest BCUT2D eigenvalue weighted by Crippen LogP contribution is -2.31. The van der Waals surface area contributed by atoms with E-state index in [4.69, 9.17) is 0 Å². The molecule has 178 valence electrons. The molecule has 0 spiro atoms. The second-order valence-electron chi connectivity index (χ2n) is 7.40. The van der Waals surface area contributed by atoms with Crippen molar-refractivity contribution in [1.29, 1.82) is 0 Å². The summed E-state index contributed by atoms with van der Waals surface area (Å²) in [5, 5.41) is 0. The van der Waals surface area contributed by atoms with Crippen LogP contribution in [0.15, 0.2) is 83.6 Å². The largest absolute Gasteiger partial charge is 0.244 e. The van der Waals surface area contributed by atoms with E-state index in [2.05, 4.69) is 36.8 Å². The van der Waals surface area contributed by atoms with Crippen LogP contribution in [0.3, 0.4) is 0 Å². The third-order valence-corrected chi connectivity index (χ3v) is 8.38. The number of nitrogens with zero attached hydrogens (tertiary/aromatic N) is 2. The van der Waals surface area contributed by atoms with Crippen LogP contribution in [0, 0.1) is 37.5 Å². The molecule has 0 aromatic heterocycles. The normalized spacial score (nSPS) is 11.3. The topological polar surface area (TPSA) is 74.8 Å². The van der Waals surface area contributed by atoms with Crippen molar-refractivity contribution in [2.45, 2.75) is 23.6 Å². The minimum Gasteiger partial charge on any atom is -0.207 e. The Morgan fingerprint density at radius 3 is 1.29 bits per heavy atom. The van der Waals surface area contributed by atoms with E-state index in [1.54, 1.807) is 48.5 Å². The van der Waals surface area contributed by atoms with E-state index in [0.717, 1.165) is 11.1 Å². The fourth-order valence-electron chi connectivity index (χ4n) is 2.85. The average Bonchev–Trinajstić information content (AvgIpc) is 2.80. The highest BCUT2D eigenvalue weighted by atomic mass is 32.2. The Labute approximate surface area is 203 Å². The zero-order valence-corrected chi connectivity index (χ0v) is 21.0. The summed E-state index contributed by atoms with van der Waals surface area (Å²) in [5.41, 5.74) is 1.92. The Balaban J connectivity index is 2.13. The van der Waals surface area contributed by atoms with Crippen LogP contribution in [-0.4, -0.2) is 51.6 Å². The van der Waals surface area contributed by atoms with Crippen LogP contribution < -0.4 is 0 Å². The van der Waals surface area contributed by atoms with Crippen LogP contribution in [0.25, 0.3) is 0 Å². The lowest BCUT2D eigenvalue weighted by atomic mass is 10.2. The van der Waals surface area contributed by atoms with Crippen molar-refractivity contribution in [3.63, 3.8) is 0 Å². The molecule has 0 saturated heterocycles. The number of sulfonamides is 2. The first kappa shape index (κ1) is 27.1. The fraction of sp³-hybridized carbons (Fsp3) is 0.231. The van der Waals surface area contributed by atoms with Gasteiger partial charge in [0.25, 0.3) is 0 Å². The second-order valence-corrected chi connectivity index (χ2v) is 11.3. The molecule has 0 N–H and O–H groups in total. The first-order valence-corrected chi connectivity index (χ1v) is 13.3. The Hall–Kier alpha value is -3.14. The third-order valence-electron chi connectivity index (χ3n) is 4.73. The summed E-state index contributed by atoms with van der Waals surface area (Å²) >= 11 is 0. The summed E-state index contributed by atoms with van der Waals surface area (Å²) in [5.74, 6) is 10.7. The van der Waals surface area contributed by atoms with E-state index in [1.165, 1.54) is 20.8 Å². The van der Waals surface area contributed by atoms with Gasteiger partial charge in [-0.1, -0.05) is 59.4 Å². The monoisotopic (exact) mass is 496 g/mol. The smallest absolute Gasteiger partial charge is 0.207 e. The molecule has 2 rings (SSSR count). The van der Waals surface area contributed by atoms with Crippen molar-refractivity contribution in [3.05, 3.63) is 85.0 Å². The van der Waals surface area contributed by atoms with Crippen molar-refractivity contribution in [2.75, 3.05) is 26.2 Å². The zero-order valence-electron chi connectivity index (χ0n) is 19.4. The lowest BCUT2D eigenvalue weighted by molar-refractivity contribution is 0.477. The summed E-state index contributed by atoms with van der Waals surface area (Å²) in [7, 11) is -7.47. The van der Waals surface area contributed by atoms with Gasteiger partial charge < -0.3 is 0 Å². The summed E-state index contributed by atoms with van der Waals surface area (Å²) in [6.07, 6.45) is 2.98. The molecule has 6 nitrogen and oxygen atoms in total. The molecule has 0 atom stereocenters. The van der Waals surface area contributed by atoms with Gasteiger partial charge >= 0.3 is 0 Å². The predicted octanol–water partition coefficient (Wildman–Crippen LogP) is 3.36. The molecule has 2 aromatic rings. The van der Waals surface area contributed by atoms with E-state index in [1.807, 2.05) is 13.8 Å². The van der Waals surface area contributed by atoms with Crippen molar-refractivity contribution < 1.29 is 16.8 Å². The first-order valence-electron chi connectivity index (χ1n) is 10.4. The average molecular weight is 497 g/mol. The van der Waals surface area contributed by atoms with Crippen LogP contribution in [-0.2, 0) is 20.0 Å². The van der Waals surface area contributed by atoms with Gasteiger partial charge in [0, 0.05) is 13.1 Å². The molecule has 0 amide bonds. The fourth-order valence-corrected chi connectivity index (χ4v) is 5.47. The van der Waals surface area contributed by atoms with E-state index in [-0.39, 0.29) is 36.0 Å². The SMILES string of the molecule is C=CCN(CC#CC#CCN(CC=C)S(=O)(=O)c1ccc(C)cc1)S(=O)(=O)c1ccc(C)cc1. The number of aryl methyl sites for hydroxylation is 2. The van der Waals surface area contributed by atoms with Crippen LogP contribution >= 0.6 is 0 Å². The van der Waals surface area contributed by atoms with Gasteiger partial charge in [0.15, 0.2) is 0 Å². The molecule has 0 aliphatic carbocycles. The maximum Gasteiger partial charge on any atom is 0.244 e. The van der Waals surface area contributed by atoms with Gasteiger partial charge in [0.2, 0.25) is 20.0 Å². The van der Waals surface area contributed by atoms with Crippen molar-refractivity contribution in [2.24, 2.45) is 0 Å². The Morgan fingerprint density at radius 2 is 1.00 bits per heavy atom. The molecular weight excluding hydrogens is 468 g/mol. The molecular formula is C26H28N2O4S2. The minimum absolute atomic E-state index is 0.0745. The number of hydrogen-bond acceptors (Lipinski definition) is 4. The highest BCUT2D eigenvalue weighted by molar-refractivity contribution is 7.89. The van der Waals surface area contributed by atoms with Crippen molar-refractivity contribution >= 4 is 20.0 Å². The summed E-state index contributed by atoms with van der Waals surface area (Å²) in [4.78, 5) is 0.350. The van der Waals surface area contributed by atoms with Gasteiger partial charge in [-0.2, -0.15) is 8.61 Å². The van der Waals surface area contributed by atoms with Gasteiger partial charge in [-0.15, -0.1) is 13.2 Å². The standard InChI is InChI=1S/C26H28N2O4S2/c1-5-19-27(33(29,30)25-15-11-23(3)12-16-25)21-9-7-8-10-22-28(20-6-2)34(31,32)26-17-13-24(4)14-18-26/h5-6,11-18H,1-2,19-22H2,3-4H3. The molecule has 0 radical (unpaired) electrons. The maximum atomic E-state index is 12.9. The molecule has 0 bridgehead atoms. The van der Waals surface area contributed by atoms with Crippen LogP contribution in [0.5, 0.6) is 0 Å². The summed E-state index contributed by atoms with van der Waals surface area (Å²) < 4.78 is 53.9. The second kappa shape index (κ2) is 12.4. The third kappa shape index (κ3) is 7.18. The molecule has 2 aromatic carbocycles. The predicted molar refractivity (Wildman–Crippen MR) is 136 cm³/mol. The first-order chi connectivity index (χ1) is 16.1. The van der Waals surface area contributed by atoms with Crippen LogP contribution in [0.4, 0.5) is 0 Å². The van der Waals surface area contributed by atoms with Gasteiger partial charge in [-0.25, -0.2) is 16.8 Å². The summed E-state index contributed by atoms with van der Waals surface area (Å²) in [6, 6.07) is 13.1. The Kier molecular flexibility index (Phi) is 9.85. The molecule has 0 heterocycles. The van der Waals surface area contributed by atoms with Gasteiger partial charge in [0.1, 0.15) is 0 Å². The van der Waals surface area contributed by atoms with Gasteiger partial charge in [-0.3, -0.25) is 0 Å². The van der Waals surface area contributed by atoms with Crippen molar-refractivity contribution in [1.82, 2.24) is 8.61 Å². The van der Waals surface area contributed by atoms with Gasteiger partial charge in [0.05, 0.1) is 22.9 Å². The van der Waals surface area contributed by atoms with Gasteiger partial charge in [-0.05, 0) is 50.0 Å². The molecule has 34 heavy (non-hydrogen) atoms. The zero-order chi connectivity index (χ0) is 25.2. The molecule has 0 unspecified atom stereocenters. The lowest BCUT2D eigenvalue weighted by Gasteiger charge is -2.18. The minimum atomic E-state index is -3.73. The Bertz CT molecular complexity index is 1230. The summed E-state index contributed by atoms with van der Waals surface area (Å²) in [6.45, 7) is 11.0. The number of rotatable bonds is 10. The molecule has 0 saturated carbocycles. The quantitative estimate of drug-likeness (QED) is 0.373. The highest BCUT2D eigenvalue weighted by Gasteiger charge is 2.23. The van der Waals surface area contributed by atoms with E-state index >= 15 is 0 Å². The van der Waals surface area contributed by atoms with Crippen molar-refractivity contribution in [3.8, 4) is 23.7 Å². The molecule has 0 aliphatic heterocycles. The number of hydrogen-bond donors (Lipinski definition) is 0. The van der Waals surface area contributed by atoms with Crippen LogP contribution in [0.2, 0.25) is 0 Å². The highest BCUT2D eigenvalue weighted by Crippen LogP contribution is 2.17. The van der Waals surface area contributed by atoms with E-state index in [9.17, 15) is 16.8 Å². The molecule has 0 fully saturated rings. The Morgan fingerprint density at radius 1 is 0.676 bits per heavy atom. The number of benzene rings is 2. The molecule has 0 aliphatic rings. The van der Waals surface area contributed by atoms with E-state index in [0.29, 0.717) is 0 Å². The maximum absolute atomic E-state index is 12.9.